The minimum atomic E-state index is -0.591. The first-order chi connectivity index (χ1) is 15.6. The van der Waals surface area contributed by atoms with Crippen molar-refractivity contribution in [3.8, 4) is 0 Å². The van der Waals surface area contributed by atoms with Gasteiger partial charge in [-0.2, -0.15) is 0 Å². The highest BCUT2D eigenvalue weighted by atomic mass is 16.5. The molecular formula is C26H33N3O3. The van der Waals surface area contributed by atoms with E-state index in [0.717, 1.165) is 31.5 Å². The van der Waals surface area contributed by atoms with Crippen LogP contribution >= 0.6 is 0 Å². The van der Waals surface area contributed by atoms with Crippen LogP contribution in [0.3, 0.4) is 0 Å². The average molecular weight is 436 g/mol. The van der Waals surface area contributed by atoms with Crippen LogP contribution in [0.2, 0.25) is 0 Å². The highest BCUT2D eigenvalue weighted by Gasteiger charge is 2.33. The van der Waals surface area contributed by atoms with E-state index in [9.17, 15) is 9.59 Å². The summed E-state index contributed by atoms with van der Waals surface area (Å²) in [6, 6.07) is 17.6. The molecule has 2 heterocycles. The van der Waals surface area contributed by atoms with E-state index in [1.165, 1.54) is 11.1 Å². The van der Waals surface area contributed by atoms with Crippen molar-refractivity contribution in [1.82, 2.24) is 15.1 Å². The number of carbonyl (C=O) groups is 2. The Morgan fingerprint density at radius 2 is 1.75 bits per heavy atom. The maximum absolute atomic E-state index is 13.5. The van der Waals surface area contributed by atoms with Crippen LogP contribution in [0.1, 0.15) is 48.0 Å². The van der Waals surface area contributed by atoms with Crippen LogP contribution in [0.15, 0.2) is 54.6 Å². The highest BCUT2D eigenvalue weighted by Crippen LogP contribution is 2.27. The van der Waals surface area contributed by atoms with E-state index in [1.807, 2.05) is 30.3 Å². The molecule has 0 aliphatic carbocycles. The van der Waals surface area contributed by atoms with E-state index in [1.54, 1.807) is 4.90 Å². The number of morpholine rings is 1. The quantitative estimate of drug-likeness (QED) is 0.725. The van der Waals surface area contributed by atoms with E-state index >= 15 is 0 Å². The number of aryl methyl sites for hydroxylation is 1. The van der Waals surface area contributed by atoms with E-state index in [0.29, 0.717) is 32.7 Å². The lowest BCUT2D eigenvalue weighted by Gasteiger charge is -2.37. The molecule has 0 aromatic heterocycles. The van der Waals surface area contributed by atoms with Gasteiger partial charge < -0.3 is 15.0 Å². The van der Waals surface area contributed by atoms with Gasteiger partial charge in [0, 0.05) is 32.6 Å². The van der Waals surface area contributed by atoms with Gasteiger partial charge in [-0.1, -0.05) is 60.2 Å². The number of rotatable bonds is 7. The summed E-state index contributed by atoms with van der Waals surface area (Å²) < 4.78 is 5.55. The topological polar surface area (TPSA) is 61.9 Å². The fraction of sp³-hybridized carbons (Fsp3) is 0.462. The van der Waals surface area contributed by atoms with Crippen molar-refractivity contribution >= 4 is 11.8 Å². The summed E-state index contributed by atoms with van der Waals surface area (Å²) in [5.41, 5.74) is 3.25. The molecule has 2 unspecified atom stereocenters. The largest absolute Gasteiger partial charge is 0.379 e. The molecular weight excluding hydrogens is 402 g/mol. The zero-order valence-electron chi connectivity index (χ0n) is 18.8. The van der Waals surface area contributed by atoms with Crippen LogP contribution in [0, 0.1) is 6.92 Å². The Morgan fingerprint density at radius 3 is 2.47 bits per heavy atom. The molecule has 32 heavy (non-hydrogen) atoms. The number of hydrogen-bond acceptors (Lipinski definition) is 4. The Morgan fingerprint density at radius 1 is 1.00 bits per heavy atom. The second-order valence-corrected chi connectivity index (χ2v) is 8.68. The third-order valence-electron chi connectivity index (χ3n) is 6.42. The molecule has 2 saturated heterocycles. The zero-order chi connectivity index (χ0) is 22.3. The number of piperidine rings is 1. The molecule has 1 N–H and O–H groups in total. The molecule has 0 spiro atoms. The van der Waals surface area contributed by atoms with Crippen molar-refractivity contribution in [2.75, 3.05) is 39.4 Å². The van der Waals surface area contributed by atoms with Gasteiger partial charge in [0.15, 0.2) is 0 Å². The molecule has 0 bridgehead atoms. The van der Waals surface area contributed by atoms with Crippen molar-refractivity contribution < 1.29 is 14.3 Å². The van der Waals surface area contributed by atoms with Crippen molar-refractivity contribution in [2.24, 2.45) is 0 Å². The first kappa shape index (κ1) is 22.5. The Balaban J connectivity index is 1.55. The molecule has 2 aromatic rings. The first-order valence-electron chi connectivity index (χ1n) is 11.6. The molecule has 2 amide bonds. The smallest absolute Gasteiger partial charge is 0.247 e. The SMILES string of the molecule is Cc1cccc(C(CNC(=O)C(c2ccccc2)N2CCCCC2=O)N2CCOCC2)c1. The number of benzene rings is 2. The summed E-state index contributed by atoms with van der Waals surface area (Å²) in [4.78, 5) is 30.3. The Hall–Kier alpha value is -2.70. The van der Waals surface area contributed by atoms with Gasteiger partial charge in [0.25, 0.3) is 0 Å². The van der Waals surface area contributed by atoms with Crippen molar-refractivity contribution in [3.63, 3.8) is 0 Å². The fourth-order valence-electron chi connectivity index (χ4n) is 4.73. The van der Waals surface area contributed by atoms with Gasteiger partial charge in [0.2, 0.25) is 11.8 Å². The molecule has 2 aliphatic rings. The molecule has 0 saturated carbocycles. The molecule has 4 rings (SSSR count). The maximum atomic E-state index is 13.5. The Labute approximate surface area is 190 Å². The Bertz CT molecular complexity index is 912. The van der Waals surface area contributed by atoms with Crippen LogP contribution in [0.5, 0.6) is 0 Å². The second-order valence-electron chi connectivity index (χ2n) is 8.68. The summed E-state index contributed by atoms with van der Waals surface area (Å²) >= 11 is 0. The second kappa shape index (κ2) is 10.7. The van der Waals surface area contributed by atoms with Gasteiger partial charge in [-0.15, -0.1) is 0 Å². The lowest BCUT2D eigenvalue weighted by molar-refractivity contribution is -0.142. The number of nitrogens with zero attached hydrogens (tertiary/aromatic N) is 2. The molecule has 6 nitrogen and oxygen atoms in total. The van der Waals surface area contributed by atoms with Gasteiger partial charge in [-0.25, -0.2) is 0 Å². The van der Waals surface area contributed by atoms with Crippen molar-refractivity contribution in [3.05, 3.63) is 71.3 Å². The van der Waals surface area contributed by atoms with Crippen LogP contribution in [-0.4, -0.2) is 61.0 Å². The van der Waals surface area contributed by atoms with Gasteiger partial charge in [-0.3, -0.25) is 14.5 Å². The van der Waals surface area contributed by atoms with Crippen molar-refractivity contribution in [1.29, 1.82) is 0 Å². The van der Waals surface area contributed by atoms with Gasteiger partial charge >= 0.3 is 0 Å². The fourth-order valence-corrected chi connectivity index (χ4v) is 4.73. The minimum Gasteiger partial charge on any atom is -0.379 e. The molecule has 2 aliphatic heterocycles. The zero-order valence-corrected chi connectivity index (χ0v) is 18.8. The molecule has 2 aromatic carbocycles. The van der Waals surface area contributed by atoms with Crippen LogP contribution in [0.4, 0.5) is 0 Å². The van der Waals surface area contributed by atoms with Gasteiger partial charge in [0.1, 0.15) is 6.04 Å². The van der Waals surface area contributed by atoms with Crippen LogP contribution in [0.25, 0.3) is 0 Å². The molecule has 2 atom stereocenters. The number of amides is 2. The minimum absolute atomic E-state index is 0.0590. The molecule has 170 valence electrons. The molecule has 0 radical (unpaired) electrons. The van der Waals surface area contributed by atoms with Gasteiger partial charge in [0.05, 0.1) is 19.3 Å². The van der Waals surface area contributed by atoms with Gasteiger partial charge in [-0.05, 0) is 30.9 Å². The molecule has 6 heteroatoms. The Kier molecular flexibility index (Phi) is 7.55. The first-order valence-corrected chi connectivity index (χ1v) is 11.6. The molecule has 2 fully saturated rings. The van der Waals surface area contributed by atoms with E-state index < -0.39 is 6.04 Å². The monoisotopic (exact) mass is 435 g/mol. The predicted molar refractivity (Wildman–Crippen MR) is 124 cm³/mol. The van der Waals surface area contributed by atoms with Crippen LogP contribution < -0.4 is 5.32 Å². The lowest BCUT2D eigenvalue weighted by Crippen LogP contribution is -2.48. The number of carbonyl (C=O) groups excluding carboxylic acids is 2. The summed E-state index contributed by atoms with van der Waals surface area (Å²) in [7, 11) is 0. The van der Waals surface area contributed by atoms with E-state index in [2.05, 4.69) is 41.4 Å². The summed E-state index contributed by atoms with van der Waals surface area (Å²) in [6.45, 7) is 6.27. The van der Waals surface area contributed by atoms with E-state index in [-0.39, 0.29) is 17.9 Å². The average Bonchev–Trinajstić information content (AvgIpc) is 2.82. The third-order valence-corrected chi connectivity index (χ3v) is 6.42. The third kappa shape index (κ3) is 5.37. The number of likely N-dealkylation sites (tertiary alicyclic amines) is 1. The predicted octanol–water partition coefficient (Wildman–Crippen LogP) is 3.24. The summed E-state index contributed by atoms with van der Waals surface area (Å²) in [5, 5.41) is 3.20. The standard InChI is InChI=1S/C26H33N3O3/c1-20-8-7-11-22(18-20)23(28-14-16-32-17-15-28)19-27-26(31)25(21-9-3-2-4-10-21)29-13-6-5-12-24(29)30/h2-4,7-11,18,23,25H,5-6,12-17,19H2,1H3,(H,27,31). The number of ether oxygens (including phenoxy) is 1. The summed E-state index contributed by atoms with van der Waals surface area (Å²) in [5.74, 6) is -0.0546. The number of nitrogens with one attached hydrogen (secondary N) is 1. The summed E-state index contributed by atoms with van der Waals surface area (Å²) in [6.07, 6.45) is 2.34. The highest BCUT2D eigenvalue weighted by molar-refractivity contribution is 5.89. The van der Waals surface area contributed by atoms with Crippen LogP contribution in [-0.2, 0) is 14.3 Å². The normalized spacial score (nSPS) is 19.4. The van der Waals surface area contributed by atoms with E-state index in [4.69, 9.17) is 4.74 Å². The maximum Gasteiger partial charge on any atom is 0.247 e. The number of hydrogen-bond donors (Lipinski definition) is 1. The lowest BCUT2D eigenvalue weighted by atomic mass is 9.99. The van der Waals surface area contributed by atoms with Crippen molar-refractivity contribution in [2.45, 2.75) is 38.3 Å².